The van der Waals surface area contributed by atoms with Crippen molar-refractivity contribution in [2.75, 3.05) is 13.6 Å². The molecule has 1 aliphatic rings. The molecule has 0 saturated carbocycles. The number of unbranched alkanes of at least 4 members (excludes halogenated alkanes) is 4. The van der Waals surface area contributed by atoms with Crippen LogP contribution in [-0.2, 0) is 4.79 Å². The van der Waals surface area contributed by atoms with Crippen LogP contribution < -0.4 is 5.73 Å². The van der Waals surface area contributed by atoms with E-state index in [1.54, 1.807) is 0 Å². The molecule has 156 valence electrons. The van der Waals surface area contributed by atoms with Crippen LogP contribution in [0.3, 0.4) is 0 Å². The Morgan fingerprint density at radius 1 is 1.00 bits per heavy atom. The summed E-state index contributed by atoms with van der Waals surface area (Å²) in [5, 5.41) is 1.14. The van der Waals surface area contributed by atoms with Gasteiger partial charge in [0.05, 0.1) is 16.1 Å². The Hall–Kier alpha value is -1.55. The van der Waals surface area contributed by atoms with Gasteiger partial charge in [0.15, 0.2) is 0 Å². The molecule has 1 amide bonds. The molecule has 0 spiro atoms. The van der Waals surface area contributed by atoms with E-state index in [-0.39, 0.29) is 17.9 Å². The summed E-state index contributed by atoms with van der Waals surface area (Å²) in [7, 11) is 1.94. The van der Waals surface area contributed by atoms with E-state index in [1.165, 1.54) is 11.1 Å². The van der Waals surface area contributed by atoms with Crippen molar-refractivity contribution in [2.45, 2.75) is 56.9 Å². The molecule has 0 aromatic heterocycles. The second-order valence-electron chi connectivity index (χ2n) is 7.92. The Morgan fingerprint density at radius 3 is 2.41 bits per heavy atom. The van der Waals surface area contributed by atoms with Crippen LogP contribution in [0.5, 0.6) is 0 Å². The number of carbonyl (C=O) groups is 1. The number of hydrogen-bond acceptors (Lipinski definition) is 2. The Morgan fingerprint density at radius 2 is 1.69 bits per heavy atom. The van der Waals surface area contributed by atoms with E-state index in [1.807, 2.05) is 30.1 Å². The molecule has 29 heavy (non-hydrogen) atoms. The minimum atomic E-state index is 0.0930. The van der Waals surface area contributed by atoms with Crippen LogP contribution in [0.2, 0.25) is 10.0 Å². The molecule has 0 fully saturated rings. The highest BCUT2D eigenvalue weighted by atomic mass is 35.5. The molecule has 0 heterocycles. The summed E-state index contributed by atoms with van der Waals surface area (Å²) in [5.74, 6) is 0.441. The second kappa shape index (κ2) is 10.5. The van der Waals surface area contributed by atoms with Crippen LogP contribution in [0.1, 0.15) is 73.6 Å². The summed E-state index contributed by atoms with van der Waals surface area (Å²) < 4.78 is 0. The number of carbonyl (C=O) groups excluding carboxylic acids is 1. The summed E-state index contributed by atoms with van der Waals surface area (Å²) in [5.41, 5.74) is 9.20. The molecule has 3 rings (SSSR count). The molecular formula is C24H30Cl2N2O. The van der Waals surface area contributed by atoms with Crippen LogP contribution >= 0.6 is 23.2 Å². The van der Waals surface area contributed by atoms with E-state index >= 15 is 0 Å². The highest BCUT2D eigenvalue weighted by Gasteiger charge is 2.35. The van der Waals surface area contributed by atoms with Crippen molar-refractivity contribution < 1.29 is 4.79 Å². The summed E-state index contributed by atoms with van der Waals surface area (Å²) in [6.45, 7) is 0.753. The first-order valence-electron chi connectivity index (χ1n) is 10.5. The van der Waals surface area contributed by atoms with Crippen molar-refractivity contribution in [1.29, 1.82) is 0 Å². The lowest BCUT2D eigenvalue weighted by molar-refractivity contribution is -0.132. The van der Waals surface area contributed by atoms with Crippen molar-refractivity contribution in [3.05, 3.63) is 69.2 Å². The van der Waals surface area contributed by atoms with Gasteiger partial charge in [-0.05, 0) is 54.6 Å². The Kier molecular flexibility index (Phi) is 7.99. The van der Waals surface area contributed by atoms with Crippen molar-refractivity contribution in [1.82, 2.24) is 4.90 Å². The first kappa shape index (κ1) is 22.1. The normalized spacial score (nSPS) is 17.9. The maximum Gasteiger partial charge on any atom is 0.222 e. The number of amides is 1. The highest BCUT2D eigenvalue weighted by Crippen LogP contribution is 2.47. The molecule has 0 unspecified atom stereocenters. The summed E-state index contributed by atoms with van der Waals surface area (Å²) in [6.07, 6.45) is 6.89. The number of halogens is 2. The van der Waals surface area contributed by atoms with E-state index in [0.29, 0.717) is 16.5 Å². The first-order valence-corrected chi connectivity index (χ1v) is 11.3. The number of fused-ring (bicyclic) bond motifs is 1. The van der Waals surface area contributed by atoms with Crippen LogP contribution in [-0.4, -0.2) is 24.4 Å². The predicted molar refractivity (Wildman–Crippen MR) is 122 cm³/mol. The Balaban J connectivity index is 1.68. The fourth-order valence-electron chi connectivity index (χ4n) is 4.32. The van der Waals surface area contributed by atoms with Crippen molar-refractivity contribution in [3.63, 3.8) is 0 Å². The average molecular weight is 433 g/mol. The van der Waals surface area contributed by atoms with Crippen LogP contribution in [0.15, 0.2) is 42.5 Å². The largest absolute Gasteiger partial charge is 0.339 e. The zero-order valence-corrected chi connectivity index (χ0v) is 18.6. The van der Waals surface area contributed by atoms with Gasteiger partial charge in [-0.25, -0.2) is 0 Å². The number of nitrogens with two attached hydrogens (primary N) is 1. The maximum atomic E-state index is 12.8. The molecule has 1 aliphatic carbocycles. The number of benzene rings is 2. The monoisotopic (exact) mass is 432 g/mol. The minimum absolute atomic E-state index is 0.0930. The van der Waals surface area contributed by atoms with Crippen molar-refractivity contribution in [3.8, 4) is 0 Å². The third-order valence-electron chi connectivity index (χ3n) is 5.99. The van der Waals surface area contributed by atoms with E-state index in [4.69, 9.17) is 28.9 Å². The quantitative estimate of drug-likeness (QED) is 0.470. The third kappa shape index (κ3) is 5.33. The van der Waals surface area contributed by atoms with Crippen LogP contribution in [0.4, 0.5) is 0 Å². The molecule has 5 heteroatoms. The van der Waals surface area contributed by atoms with Crippen molar-refractivity contribution in [2.24, 2.45) is 5.73 Å². The molecule has 2 atom stereocenters. The van der Waals surface area contributed by atoms with E-state index in [9.17, 15) is 4.79 Å². The SMILES string of the molecule is CN(C(=O)CCCCCCCN)[C@@H]1C[C@@H](c2ccc(Cl)c(Cl)c2)c2ccccc21. The van der Waals surface area contributed by atoms with Gasteiger partial charge in [-0.15, -0.1) is 0 Å². The number of rotatable bonds is 9. The summed E-state index contributed by atoms with van der Waals surface area (Å²) in [4.78, 5) is 14.8. The molecule has 2 aromatic carbocycles. The third-order valence-corrected chi connectivity index (χ3v) is 6.73. The zero-order chi connectivity index (χ0) is 20.8. The molecule has 2 aromatic rings. The van der Waals surface area contributed by atoms with Gasteiger partial charge in [0, 0.05) is 19.4 Å². The summed E-state index contributed by atoms with van der Waals surface area (Å²) >= 11 is 12.4. The molecule has 0 aliphatic heterocycles. The Bertz CT molecular complexity index is 839. The lowest BCUT2D eigenvalue weighted by atomic mass is 9.93. The van der Waals surface area contributed by atoms with Gasteiger partial charge in [-0.2, -0.15) is 0 Å². The van der Waals surface area contributed by atoms with Gasteiger partial charge in [-0.1, -0.05) is 72.8 Å². The average Bonchev–Trinajstić information content (AvgIpc) is 3.11. The predicted octanol–water partition coefficient (Wildman–Crippen LogP) is 6.33. The fraction of sp³-hybridized carbons (Fsp3) is 0.458. The molecule has 0 saturated heterocycles. The van der Waals surface area contributed by atoms with E-state index in [2.05, 4.69) is 24.3 Å². The van der Waals surface area contributed by atoms with E-state index in [0.717, 1.165) is 50.6 Å². The highest BCUT2D eigenvalue weighted by molar-refractivity contribution is 6.42. The van der Waals surface area contributed by atoms with Crippen LogP contribution in [0, 0.1) is 0 Å². The standard InChI is InChI=1S/C24H30Cl2N2O/c1-28(24(29)11-5-3-2-4-8-14-27)23-16-20(18-9-6-7-10-19(18)23)17-12-13-21(25)22(26)15-17/h6-7,9-10,12-13,15,20,23H,2-5,8,11,14,16,27H2,1H3/t20-,23+/m0/s1. The molecule has 0 bridgehead atoms. The molecule has 3 nitrogen and oxygen atoms in total. The zero-order valence-electron chi connectivity index (χ0n) is 17.0. The van der Waals surface area contributed by atoms with Gasteiger partial charge < -0.3 is 10.6 Å². The van der Waals surface area contributed by atoms with Gasteiger partial charge in [0.2, 0.25) is 5.91 Å². The summed E-state index contributed by atoms with van der Waals surface area (Å²) in [6, 6.07) is 14.4. The molecule has 0 radical (unpaired) electrons. The van der Waals surface area contributed by atoms with Gasteiger partial charge >= 0.3 is 0 Å². The van der Waals surface area contributed by atoms with E-state index < -0.39 is 0 Å². The topological polar surface area (TPSA) is 46.3 Å². The van der Waals surface area contributed by atoms with Crippen molar-refractivity contribution >= 4 is 29.1 Å². The fourth-order valence-corrected chi connectivity index (χ4v) is 4.63. The molecule has 2 N–H and O–H groups in total. The second-order valence-corrected chi connectivity index (χ2v) is 8.73. The van der Waals surface area contributed by atoms with Crippen LogP contribution in [0.25, 0.3) is 0 Å². The van der Waals surface area contributed by atoms with Gasteiger partial charge in [0.25, 0.3) is 0 Å². The maximum absolute atomic E-state index is 12.8. The van der Waals surface area contributed by atoms with Gasteiger partial charge in [0.1, 0.15) is 0 Å². The first-order chi connectivity index (χ1) is 14.0. The smallest absolute Gasteiger partial charge is 0.222 e. The minimum Gasteiger partial charge on any atom is -0.339 e. The molecular weight excluding hydrogens is 403 g/mol. The lowest BCUT2D eigenvalue weighted by Gasteiger charge is -2.26. The Labute approximate surface area is 184 Å². The number of nitrogens with zero attached hydrogens (tertiary/aromatic N) is 1. The van der Waals surface area contributed by atoms with Gasteiger partial charge in [-0.3, -0.25) is 4.79 Å². The number of hydrogen-bond donors (Lipinski definition) is 1. The lowest BCUT2D eigenvalue weighted by Crippen LogP contribution is -2.30.